The lowest BCUT2D eigenvalue weighted by Crippen LogP contribution is -2.34. The Morgan fingerprint density at radius 3 is 2.67 bits per heavy atom. The Labute approximate surface area is 198 Å². The van der Waals surface area contributed by atoms with E-state index in [1.54, 1.807) is 0 Å². The Morgan fingerprint density at radius 2 is 2.00 bits per heavy atom. The van der Waals surface area contributed by atoms with Crippen LogP contribution in [0.5, 0.6) is 0 Å². The SMILES string of the molecule is C=C(C)c1cc2c(c(Nc3ccc(C4CCN(C5CC5)CC4)c(C)c3)n1)/C(=C/CC)NC=C2. The van der Waals surface area contributed by atoms with Crippen molar-refractivity contribution in [2.24, 2.45) is 0 Å². The fraction of sp³-hybridized carbons (Fsp3) is 0.414. The second-order valence-electron chi connectivity index (χ2n) is 9.84. The van der Waals surface area contributed by atoms with Gasteiger partial charge in [-0.1, -0.05) is 25.6 Å². The predicted octanol–water partition coefficient (Wildman–Crippen LogP) is 6.83. The van der Waals surface area contributed by atoms with E-state index in [9.17, 15) is 0 Å². The molecule has 1 saturated carbocycles. The second-order valence-corrected chi connectivity index (χ2v) is 9.84. The van der Waals surface area contributed by atoms with Crippen LogP contribution in [-0.2, 0) is 0 Å². The molecule has 1 aliphatic carbocycles. The molecule has 0 unspecified atom stereocenters. The van der Waals surface area contributed by atoms with Crippen molar-refractivity contribution in [1.29, 1.82) is 0 Å². The van der Waals surface area contributed by atoms with Crippen molar-refractivity contribution < 1.29 is 0 Å². The van der Waals surface area contributed by atoms with E-state index in [2.05, 4.69) is 72.4 Å². The van der Waals surface area contributed by atoms with Crippen LogP contribution in [0, 0.1) is 6.92 Å². The predicted molar refractivity (Wildman–Crippen MR) is 140 cm³/mol. The number of nitrogens with one attached hydrogen (secondary N) is 2. The number of piperidine rings is 1. The van der Waals surface area contributed by atoms with Crippen molar-refractivity contribution in [3.8, 4) is 0 Å². The zero-order chi connectivity index (χ0) is 22.9. The summed E-state index contributed by atoms with van der Waals surface area (Å²) in [5.41, 5.74) is 9.26. The molecule has 1 saturated heterocycles. The molecule has 0 spiro atoms. The van der Waals surface area contributed by atoms with Crippen LogP contribution in [0.4, 0.5) is 11.5 Å². The average molecular weight is 441 g/mol. The van der Waals surface area contributed by atoms with Crippen LogP contribution in [0.2, 0.25) is 0 Å². The van der Waals surface area contributed by atoms with Gasteiger partial charge in [0, 0.05) is 29.2 Å². The van der Waals surface area contributed by atoms with Crippen molar-refractivity contribution in [3.05, 3.63) is 71.1 Å². The third-order valence-electron chi connectivity index (χ3n) is 7.23. The largest absolute Gasteiger partial charge is 0.361 e. The maximum absolute atomic E-state index is 4.96. The molecule has 4 heteroatoms. The normalized spacial score (nSPS) is 19.9. The first-order chi connectivity index (χ1) is 16.0. The molecule has 2 fully saturated rings. The Morgan fingerprint density at radius 1 is 1.21 bits per heavy atom. The van der Waals surface area contributed by atoms with Gasteiger partial charge >= 0.3 is 0 Å². The minimum atomic E-state index is 0.681. The second kappa shape index (κ2) is 9.18. The summed E-state index contributed by atoms with van der Waals surface area (Å²) in [6.45, 7) is 13.1. The lowest BCUT2D eigenvalue weighted by atomic mass is 9.86. The molecule has 0 amide bonds. The van der Waals surface area contributed by atoms with Gasteiger partial charge in [0.2, 0.25) is 0 Å². The number of fused-ring (bicyclic) bond motifs is 1. The number of hydrogen-bond donors (Lipinski definition) is 2. The maximum Gasteiger partial charge on any atom is 0.141 e. The van der Waals surface area contributed by atoms with Crippen LogP contribution in [0.1, 0.15) is 79.8 Å². The number of hydrogen-bond acceptors (Lipinski definition) is 4. The number of aryl methyl sites for hydroxylation is 1. The highest BCUT2D eigenvalue weighted by atomic mass is 15.2. The molecule has 1 aromatic carbocycles. The summed E-state index contributed by atoms with van der Waals surface area (Å²) in [5.74, 6) is 1.56. The van der Waals surface area contributed by atoms with Gasteiger partial charge in [0.25, 0.3) is 0 Å². The van der Waals surface area contributed by atoms with Gasteiger partial charge < -0.3 is 15.5 Å². The number of nitrogens with zero attached hydrogens (tertiary/aromatic N) is 2. The Kier molecular flexibility index (Phi) is 6.11. The van der Waals surface area contributed by atoms with Crippen LogP contribution in [0.3, 0.4) is 0 Å². The number of anilines is 2. The Hall–Kier alpha value is -2.85. The summed E-state index contributed by atoms with van der Waals surface area (Å²) in [7, 11) is 0. The molecule has 33 heavy (non-hydrogen) atoms. The fourth-order valence-corrected chi connectivity index (χ4v) is 5.31. The molecule has 0 bridgehead atoms. The Bertz CT molecular complexity index is 1110. The number of pyridine rings is 1. The van der Waals surface area contributed by atoms with Gasteiger partial charge in [-0.05, 0) is 111 Å². The minimum Gasteiger partial charge on any atom is -0.361 e. The first-order valence-electron chi connectivity index (χ1n) is 12.5. The van der Waals surface area contributed by atoms with E-state index >= 15 is 0 Å². The first-order valence-corrected chi connectivity index (χ1v) is 12.5. The van der Waals surface area contributed by atoms with Crippen molar-refractivity contribution >= 4 is 28.9 Å². The van der Waals surface area contributed by atoms with Crippen LogP contribution in [0.15, 0.2) is 43.1 Å². The summed E-state index contributed by atoms with van der Waals surface area (Å²) in [4.78, 5) is 7.66. The molecular weight excluding hydrogens is 404 g/mol. The van der Waals surface area contributed by atoms with Gasteiger partial charge in [0.15, 0.2) is 0 Å². The van der Waals surface area contributed by atoms with Crippen molar-refractivity contribution in [2.45, 2.75) is 64.8 Å². The zero-order valence-electron chi connectivity index (χ0n) is 20.2. The van der Waals surface area contributed by atoms with Crippen molar-refractivity contribution in [1.82, 2.24) is 15.2 Å². The molecule has 0 atom stereocenters. The molecule has 3 aliphatic rings. The zero-order valence-corrected chi connectivity index (χ0v) is 20.2. The van der Waals surface area contributed by atoms with Crippen LogP contribution in [0.25, 0.3) is 17.3 Å². The van der Waals surface area contributed by atoms with Gasteiger partial charge in [-0.3, -0.25) is 0 Å². The minimum absolute atomic E-state index is 0.681. The third-order valence-corrected chi connectivity index (χ3v) is 7.23. The molecule has 2 aliphatic heterocycles. The monoisotopic (exact) mass is 440 g/mol. The summed E-state index contributed by atoms with van der Waals surface area (Å²) >= 11 is 0. The average Bonchev–Trinajstić information content (AvgIpc) is 3.65. The number of likely N-dealkylation sites (tertiary alicyclic amines) is 1. The number of rotatable bonds is 6. The Balaban J connectivity index is 1.41. The number of allylic oxidation sites excluding steroid dienone is 2. The van der Waals surface area contributed by atoms with Crippen molar-refractivity contribution in [2.75, 3.05) is 18.4 Å². The standard InChI is InChI=1S/C29H36N4/c1-5-6-26-28-22(11-14-30-26)18-27(19(2)3)32-29(28)31-23-7-10-25(20(4)17-23)21-12-15-33(16-13-21)24-8-9-24/h6-7,10-11,14,17-18,21,24,30H,2,5,8-9,12-13,15-16H2,1,3-4H3,(H,31,32)/b26-6-. The molecule has 2 aromatic rings. The molecule has 5 rings (SSSR count). The van der Waals surface area contributed by atoms with Gasteiger partial charge in [-0.15, -0.1) is 0 Å². The topological polar surface area (TPSA) is 40.2 Å². The smallest absolute Gasteiger partial charge is 0.141 e. The van der Waals surface area contributed by atoms with E-state index in [-0.39, 0.29) is 0 Å². The highest BCUT2D eigenvalue weighted by Crippen LogP contribution is 2.37. The van der Waals surface area contributed by atoms with Crippen LogP contribution in [-0.4, -0.2) is 29.0 Å². The molecule has 172 valence electrons. The molecule has 4 nitrogen and oxygen atoms in total. The van der Waals surface area contributed by atoms with Gasteiger partial charge in [0.1, 0.15) is 5.82 Å². The lowest BCUT2D eigenvalue weighted by Gasteiger charge is -2.33. The number of aromatic nitrogens is 1. The van der Waals surface area contributed by atoms with E-state index in [1.807, 2.05) is 13.1 Å². The van der Waals surface area contributed by atoms with E-state index < -0.39 is 0 Å². The highest BCUT2D eigenvalue weighted by molar-refractivity contribution is 5.86. The summed E-state index contributed by atoms with van der Waals surface area (Å²) in [6.07, 6.45) is 12.7. The van der Waals surface area contributed by atoms with E-state index in [1.165, 1.54) is 55.5 Å². The summed E-state index contributed by atoms with van der Waals surface area (Å²) in [6, 6.07) is 9.88. The molecule has 2 N–H and O–H groups in total. The van der Waals surface area contributed by atoms with Gasteiger partial charge in [0.05, 0.1) is 5.69 Å². The molecule has 0 radical (unpaired) electrons. The third kappa shape index (κ3) is 4.63. The van der Waals surface area contributed by atoms with Crippen LogP contribution >= 0.6 is 0 Å². The first kappa shape index (κ1) is 22.0. The number of benzene rings is 1. The summed E-state index contributed by atoms with van der Waals surface area (Å²) < 4.78 is 0. The van der Waals surface area contributed by atoms with E-state index in [4.69, 9.17) is 4.98 Å². The molecular formula is C29H36N4. The van der Waals surface area contributed by atoms with E-state index in [0.29, 0.717) is 5.92 Å². The van der Waals surface area contributed by atoms with Gasteiger partial charge in [-0.2, -0.15) is 0 Å². The lowest BCUT2D eigenvalue weighted by molar-refractivity contribution is 0.203. The summed E-state index contributed by atoms with van der Waals surface area (Å²) in [5, 5.41) is 7.05. The van der Waals surface area contributed by atoms with E-state index in [0.717, 1.165) is 46.5 Å². The van der Waals surface area contributed by atoms with Crippen molar-refractivity contribution in [3.63, 3.8) is 0 Å². The van der Waals surface area contributed by atoms with Crippen LogP contribution < -0.4 is 10.6 Å². The maximum atomic E-state index is 4.96. The molecule has 1 aromatic heterocycles. The highest BCUT2D eigenvalue weighted by Gasteiger charge is 2.32. The molecule has 3 heterocycles. The fourth-order valence-electron chi connectivity index (χ4n) is 5.31. The van der Waals surface area contributed by atoms with Gasteiger partial charge in [-0.25, -0.2) is 4.98 Å². The quantitative estimate of drug-likeness (QED) is 0.516.